The highest BCUT2D eigenvalue weighted by Crippen LogP contribution is 2.21. The summed E-state index contributed by atoms with van der Waals surface area (Å²) in [5.41, 5.74) is 3.23. The van der Waals surface area contributed by atoms with E-state index in [0.717, 1.165) is 4.47 Å². The van der Waals surface area contributed by atoms with Crippen molar-refractivity contribution in [2.45, 2.75) is 0 Å². The van der Waals surface area contributed by atoms with Crippen LogP contribution >= 0.6 is 15.9 Å². The zero-order valence-electron chi connectivity index (χ0n) is 11.2. The van der Waals surface area contributed by atoms with Crippen molar-refractivity contribution in [1.82, 2.24) is 5.43 Å². The number of aromatic hydroxyl groups is 1. The van der Waals surface area contributed by atoms with Gasteiger partial charge in [0.25, 0.3) is 5.91 Å². The molecule has 0 atom stereocenters. The van der Waals surface area contributed by atoms with Crippen molar-refractivity contribution in [3.63, 3.8) is 0 Å². The Morgan fingerprint density at radius 3 is 2.81 bits per heavy atom. The second-order valence-electron chi connectivity index (χ2n) is 4.10. The quantitative estimate of drug-likeness (QED) is 0.659. The van der Waals surface area contributed by atoms with E-state index in [4.69, 9.17) is 4.74 Å². The van der Waals surface area contributed by atoms with Gasteiger partial charge in [0.1, 0.15) is 11.5 Å². The molecule has 1 amide bonds. The van der Waals surface area contributed by atoms with Crippen LogP contribution in [0.1, 0.15) is 15.9 Å². The van der Waals surface area contributed by atoms with Gasteiger partial charge in [-0.2, -0.15) is 5.10 Å². The Labute approximate surface area is 130 Å². The summed E-state index contributed by atoms with van der Waals surface area (Å²) in [5.74, 6) is 0.0577. The molecule has 0 fully saturated rings. The number of amides is 1. The second kappa shape index (κ2) is 6.90. The van der Waals surface area contributed by atoms with Crippen LogP contribution in [0.15, 0.2) is 52.0 Å². The molecule has 0 aliphatic heterocycles. The van der Waals surface area contributed by atoms with E-state index in [0.29, 0.717) is 11.3 Å². The fraction of sp³-hybridized carbons (Fsp3) is 0.0667. The molecule has 108 valence electrons. The minimum absolute atomic E-state index is 0.0924. The molecule has 0 heterocycles. The molecule has 0 saturated carbocycles. The van der Waals surface area contributed by atoms with Gasteiger partial charge in [0, 0.05) is 10.0 Å². The number of rotatable bonds is 4. The summed E-state index contributed by atoms with van der Waals surface area (Å²) >= 11 is 3.35. The van der Waals surface area contributed by atoms with Crippen molar-refractivity contribution >= 4 is 28.1 Å². The van der Waals surface area contributed by atoms with E-state index >= 15 is 0 Å². The fourth-order valence-corrected chi connectivity index (χ4v) is 2.07. The lowest BCUT2D eigenvalue weighted by atomic mass is 10.2. The number of nitrogens with one attached hydrogen (secondary N) is 1. The third-order valence-corrected chi connectivity index (χ3v) is 3.20. The molecule has 0 radical (unpaired) electrons. The van der Waals surface area contributed by atoms with Crippen molar-refractivity contribution in [3.8, 4) is 11.5 Å². The first-order valence-corrected chi connectivity index (χ1v) is 6.86. The van der Waals surface area contributed by atoms with Gasteiger partial charge in [-0.3, -0.25) is 4.79 Å². The maximum absolute atomic E-state index is 11.9. The van der Waals surface area contributed by atoms with Crippen molar-refractivity contribution in [2.24, 2.45) is 5.10 Å². The summed E-state index contributed by atoms with van der Waals surface area (Å²) in [7, 11) is 1.56. The van der Waals surface area contributed by atoms with Gasteiger partial charge in [-0.05, 0) is 30.3 Å². The van der Waals surface area contributed by atoms with E-state index in [-0.39, 0.29) is 11.3 Å². The minimum atomic E-state index is -0.488. The first-order valence-electron chi connectivity index (χ1n) is 6.06. The van der Waals surface area contributed by atoms with Crippen LogP contribution < -0.4 is 10.2 Å². The summed E-state index contributed by atoms with van der Waals surface area (Å²) in [6.45, 7) is 0. The maximum atomic E-state index is 11.9. The normalized spacial score (nSPS) is 10.6. The number of methoxy groups -OCH3 is 1. The van der Waals surface area contributed by atoms with Gasteiger partial charge in [0.2, 0.25) is 0 Å². The molecule has 21 heavy (non-hydrogen) atoms. The van der Waals surface area contributed by atoms with Gasteiger partial charge in [0.05, 0.1) is 18.9 Å². The Morgan fingerprint density at radius 2 is 2.10 bits per heavy atom. The molecule has 0 unspecified atom stereocenters. The highest BCUT2D eigenvalue weighted by Gasteiger charge is 2.08. The Bertz CT molecular complexity index is 686. The number of hydrogen-bond acceptors (Lipinski definition) is 4. The number of nitrogens with zero attached hydrogens (tertiary/aromatic N) is 1. The van der Waals surface area contributed by atoms with E-state index in [9.17, 15) is 9.90 Å². The standard InChI is InChI=1S/C15H13BrN2O3/c1-21-14-7-6-11(16)8-10(14)9-17-18-15(20)12-4-2-3-5-13(12)19/h2-9,19H,1H3,(H,18,20)/b17-9+. The van der Waals surface area contributed by atoms with E-state index < -0.39 is 5.91 Å². The Balaban J connectivity index is 2.11. The summed E-state index contributed by atoms with van der Waals surface area (Å²) < 4.78 is 6.07. The van der Waals surface area contributed by atoms with E-state index in [1.54, 1.807) is 25.3 Å². The molecule has 2 N–H and O–H groups in total. The molecule has 0 bridgehead atoms. The number of phenolic OH excluding ortho intramolecular Hbond substituents is 1. The first-order chi connectivity index (χ1) is 10.1. The Kier molecular flexibility index (Phi) is 4.94. The Morgan fingerprint density at radius 1 is 1.33 bits per heavy atom. The SMILES string of the molecule is COc1ccc(Br)cc1/C=N/NC(=O)c1ccccc1O. The predicted molar refractivity (Wildman–Crippen MR) is 83.9 cm³/mol. The van der Waals surface area contributed by atoms with Crippen LogP contribution in [-0.2, 0) is 0 Å². The first kappa shape index (κ1) is 15.1. The zero-order valence-corrected chi connectivity index (χ0v) is 12.8. The van der Waals surface area contributed by atoms with E-state index in [1.807, 2.05) is 12.1 Å². The van der Waals surface area contributed by atoms with Crippen molar-refractivity contribution in [3.05, 3.63) is 58.1 Å². The van der Waals surface area contributed by atoms with Gasteiger partial charge < -0.3 is 9.84 Å². The minimum Gasteiger partial charge on any atom is -0.507 e. The summed E-state index contributed by atoms with van der Waals surface area (Å²) in [4.78, 5) is 11.9. The van der Waals surface area contributed by atoms with Gasteiger partial charge in [-0.25, -0.2) is 5.43 Å². The fourth-order valence-electron chi connectivity index (χ4n) is 1.69. The average Bonchev–Trinajstić information content (AvgIpc) is 2.48. The third-order valence-electron chi connectivity index (χ3n) is 2.71. The summed E-state index contributed by atoms with van der Waals surface area (Å²) in [6, 6.07) is 11.7. The van der Waals surface area contributed by atoms with E-state index in [2.05, 4.69) is 26.5 Å². The number of ether oxygens (including phenoxy) is 1. The molecular formula is C15H13BrN2O3. The van der Waals surface area contributed by atoms with E-state index in [1.165, 1.54) is 18.3 Å². The van der Waals surface area contributed by atoms with Gasteiger partial charge >= 0.3 is 0 Å². The molecule has 2 aromatic rings. The lowest BCUT2D eigenvalue weighted by molar-refractivity contribution is 0.0952. The molecule has 0 spiro atoms. The van der Waals surface area contributed by atoms with Crippen LogP contribution in [0.3, 0.4) is 0 Å². The Hall–Kier alpha value is -2.34. The highest BCUT2D eigenvalue weighted by molar-refractivity contribution is 9.10. The van der Waals surface area contributed by atoms with Crippen LogP contribution in [0, 0.1) is 0 Å². The van der Waals surface area contributed by atoms with Crippen LogP contribution in [0.4, 0.5) is 0 Å². The summed E-state index contributed by atoms with van der Waals surface area (Å²) in [6.07, 6.45) is 1.47. The second-order valence-corrected chi connectivity index (χ2v) is 5.02. The topological polar surface area (TPSA) is 70.9 Å². The number of phenols is 1. The summed E-state index contributed by atoms with van der Waals surface area (Å²) in [5, 5.41) is 13.4. The van der Waals surface area contributed by atoms with Gasteiger partial charge in [-0.15, -0.1) is 0 Å². The third kappa shape index (κ3) is 3.82. The number of para-hydroxylation sites is 1. The van der Waals surface area contributed by atoms with Gasteiger partial charge in [0.15, 0.2) is 0 Å². The van der Waals surface area contributed by atoms with Crippen molar-refractivity contribution < 1.29 is 14.6 Å². The predicted octanol–water partition coefficient (Wildman–Crippen LogP) is 2.93. The molecule has 0 aromatic heterocycles. The number of carbonyl (C=O) groups is 1. The molecule has 6 heteroatoms. The van der Waals surface area contributed by atoms with Crippen molar-refractivity contribution in [1.29, 1.82) is 0 Å². The largest absolute Gasteiger partial charge is 0.507 e. The monoisotopic (exact) mass is 348 g/mol. The number of carbonyl (C=O) groups excluding carboxylic acids is 1. The molecular weight excluding hydrogens is 336 g/mol. The zero-order chi connectivity index (χ0) is 15.2. The van der Waals surface area contributed by atoms with Crippen LogP contribution in [0.25, 0.3) is 0 Å². The molecule has 5 nitrogen and oxygen atoms in total. The smallest absolute Gasteiger partial charge is 0.275 e. The van der Waals surface area contributed by atoms with Crippen molar-refractivity contribution in [2.75, 3.05) is 7.11 Å². The molecule has 0 saturated heterocycles. The number of hydrogen-bond donors (Lipinski definition) is 2. The van der Waals surface area contributed by atoms with Crippen LogP contribution in [0.5, 0.6) is 11.5 Å². The maximum Gasteiger partial charge on any atom is 0.275 e. The number of halogens is 1. The molecule has 0 aliphatic rings. The molecule has 2 aromatic carbocycles. The van der Waals surface area contributed by atoms with Crippen LogP contribution in [-0.4, -0.2) is 24.3 Å². The molecule has 0 aliphatic carbocycles. The lowest BCUT2D eigenvalue weighted by Gasteiger charge is -2.05. The van der Waals surface area contributed by atoms with Crippen LogP contribution in [0.2, 0.25) is 0 Å². The average molecular weight is 349 g/mol. The lowest BCUT2D eigenvalue weighted by Crippen LogP contribution is -2.17. The number of hydrazone groups is 1. The highest BCUT2D eigenvalue weighted by atomic mass is 79.9. The molecule has 2 rings (SSSR count). The van der Waals surface area contributed by atoms with Gasteiger partial charge in [-0.1, -0.05) is 28.1 Å². The number of benzene rings is 2.